The second-order valence-electron chi connectivity index (χ2n) is 5.80. The van der Waals surface area contributed by atoms with E-state index in [9.17, 15) is 14.7 Å². The van der Waals surface area contributed by atoms with Crippen LogP contribution in [0.5, 0.6) is 5.75 Å². The molecule has 2 bridgehead atoms. The molecule has 6 nitrogen and oxygen atoms in total. The molecule has 2 heterocycles. The molecule has 4 atom stereocenters. The fourth-order valence-electron chi connectivity index (χ4n) is 3.27. The van der Waals surface area contributed by atoms with E-state index < -0.39 is 35.4 Å². The lowest BCUT2D eigenvalue weighted by Crippen LogP contribution is -2.44. The summed E-state index contributed by atoms with van der Waals surface area (Å²) in [6.07, 6.45) is 2.90. The van der Waals surface area contributed by atoms with Crippen molar-refractivity contribution in [2.75, 3.05) is 12.4 Å². The Hall–Kier alpha value is -1.86. The molecular formula is C16H16BrNO5. The van der Waals surface area contributed by atoms with E-state index in [1.165, 1.54) is 7.11 Å². The van der Waals surface area contributed by atoms with E-state index in [1.807, 2.05) is 0 Å². The van der Waals surface area contributed by atoms with Gasteiger partial charge in [-0.2, -0.15) is 0 Å². The molecule has 0 unspecified atom stereocenters. The molecular weight excluding hydrogens is 366 g/mol. The maximum atomic E-state index is 12.7. The molecule has 1 fully saturated rings. The minimum atomic E-state index is -1.04. The van der Waals surface area contributed by atoms with E-state index >= 15 is 0 Å². The number of halogens is 1. The molecule has 7 heteroatoms. The van der Waals surface area contributed by atoms with Crippen molar-refractivity contribution in [2.24, 2.45) is 11.8 Å². The number of fused-ring (bicyclic) bond motifs is 2. The van der Waals surface area contributed by atoms with Crippen LogP contribution in [0.15, 0.2) is 34.8 Å². The third kappa shape index (κ3) is 2.64. The zero-order valence-corrected chi connectivity index (χ0v) is 14.2. The van der Waals surface area contributed by atoms with Gasteiger partial charge in [-0.25, -0.2) is 0 Å². The van der Waals surface area contributed by atoms with Gasteiger partial charge >= 0.3 is 5.97 Å². The number of carboxylic acids is 1. The number of anilines is 1. The second-order valence-corrected chi connectivity index (χ2v) is 6.72. The van der Waals surface area contributed by atoms with Crippen LogP contribution in [0.1, 0.15) is 6.92 Å². The molecule has 0 radical (unpaired) electrons. The average Bonchev–Trinajstić information content (AvgIpc) is 3.00. The van der Waals surface area contributed by atoms with Gasteiger partial charge < -0.3 is 19.9 Å². The van der Waals surface area contributed by atoms with Gasteiger partial charge in [0, 0.05) is 4.47 Å². The highest BCUT2D eigenvalue weighted by Gasteiger charge is 2.59. The lowest BCUT2D eigenvalue weighted by Gasteiger charge is -2.28. The summed E-state index contributed by atoms with van der Waals surface area (Å²) in [6, 6.07) is 5.21. The maximum Gasteiger partial charge on any atom is 0.310 e. The zero-order chi connectivity index (χ0) is 16.8. The van der Waals surface area contributed by atoms with Crippen LogP contribution in [-0.4, -0.2) is 35.8 Å². The number of methoxy groups -OCH3 is 1. The fraction of sp³-hybridized carbons (Fsp3) is 0.375. The van der Waals surface area contributed by atoms with Crippen molar-refractivity contribution in [3.63, 3.8) is 0 Å². The second kappa shape index (κ2) is 5.65. The van der Waals surface area contributed by atoms with Crippen molar-refractivity contribution in [1.29, 1.82) is 0 Å². The molecule has 2 N–H and O–H groups in total. The number of benzene rings is 1. The SMILES string of the molecule is COc1ccc(Br)cc1NC(=O)[C@H]1[C@@H](C(=O)O)[C@H]2C=C[C@@]1(C)O2. The molecule has 2 aliphatic heterocycles. The van der Waals surface area contributed by atoms with Gasteiger partial charge in [-0.05, 0) is 25.1 Å². The number of hydrogen-bond donors (Lipinski definition) is 2. The minimum Gasteiger partial charge on any atom is -0.495 e. The molecule has 1 aromatic carbocycles. The fourth-order valence-corrected chi connectivity index (χ4v) is 3.63. The Kier molecular flexibility index (Phi) is 3.93. The Morgan fingerprint density at radius 3 is 2.83 bits per heavy atom. The van der Waals surface area contributed by atoms with E-state index in [2.05, 4.69) is 21.2 Å². The van der Waals surface area contributed by atoms with Crippen LogP contribution >= 0.6 is 15.9 Å². The minimum absolute atomic E-state index is 0.400. The van der Waals surface area contributed by atoms with Crippen molar-refractivity contribution in [3.05, 3.63) is 34.8 Å². The van der Waals surface area contributed by atoms with Gasteiger partial charge in [0.2, 0.25) is 5.91 Å². The normalized spacial score (nSPS) is 31.2. The van der Waals surface area contributed by atoms with E-state index in [1.54, 1.807) is 37.3 Å². The zero-order valence-electron chi connectivity index (χ0n) is 12.6. The summed E-state index contributed by atoms with van der Waals surface area (Å²) in [7, 11) is 1.50. The standard InChI is InChI=1S/C16H16BrNO5/c1-16-6-5-11(23-16)12(15(20)21)13(16)14(19)18-9-7-8(17)3-4-10(9)22-2/h3-7,11-13H,1-2H3,(H,18,19)(H,20,21)/t11-,12+,13-,16-/m1/s1. The van der Waals surface area contributed by atoms with Crippen LogP contribution in [0, 0.1) is 11.8 Å². The number of carbonyl (C=O) groups excluding carboxylic acids is 1. The number of carboxylic acid groups (broad SMARTS) is 1. The summed E-state index contributed by atoms with van der Waals surface area (Å²) in [5.74, 6) is -2.65. The highest BCUT2D eigenvalue weighted by molar-refractivity contribution is 9.10. The predicted molar refractivity (Wildman–Crippen MR) is 86.4 cm³/mol. The molecule has 1 aromatic rings. The largest absolute Gasteiger partial charge is 0.495 e. The van der Waals surface area contributed by atoms with Gasteiger partial charge in [-0.15, -0.1) is 0 Å². The smallest absolute Gasteiger partial charge is 0.310 e. The molecule has 1 saturated heterocycles. The number of carbonyl (C=O) groups is 2. The summed E-state index contributed by atoms with van der Waals surface area (Å²) in [4.78, 5) is 24.3. The first-order valence-corrected chi connectivity index (χ1v) is 7.89. The Balaban J connectivity index is 1.90. The van der Waals surface area contributed by atoms with Gasteiger partial charge in [0.15, 0.2) is 0 Å². The Morgan fingerprint density at radius 1 is 1.43 bits per heavy atom. The number of ether oxygens (including phenoxy) is 2. The predicted octanol–water partition coefficient (Wildman–Crippen LogP) is 2.44. The average molecular weight is 382 g/mol. The van der Waals surface area contributed by atoms with Crippen molar-refractivity contribution < 1.29 is 24.2 Å². The number of rotatable bonds is 4. The first kappa shape index (κ1) is 16.0. The topological polar surface area (TPSA) is 84.9 Å². The molecule has 0 saturated carbocycles. The third-order valence-electron chi connectivity index (χ3n) is 4.32. The molecule has 0 aromatic heterocycles. The van der Waals surface area contributed by atoms with E-state index in [4.69, 9.17) is 9.47 Å². The number of amides is 1. The molecule has 122 valence electrons. The lowest BCUT2D eigenvalue weighted by molar-refractivity contribution is -0.146. The molecule has 0 spiro atoms. The highest BCUT2D eigenvalue weighted by atomic mass is 79.9. The number of aliphatic carboxylic acids is 1. The lowest BCUT2D eigenvalue weighted by atomic mass is 9.75. The highest BCUT2D eigenvalue weighted by Crippen LogP contribution is 2.47. The summed E-state index contributed by atoms with van der Waals surface area (Å²) in [5, 5.41) is 12.2. The maximum absolute atomic E-state index is 12.7. The van der Waals surface area contributed by atoms with Crippen LogP contribution in [0.3, 0.4) is 0 Å². The third-order valence-corrected chi connectivity index (χ3v) is 4.82. The van der Waals surface area contributed by atoms with Crippen LogP contribution < -0.4 is 10.1 Å². The quantitative estimate of drug-likeness (QED) is 0.782. The Bertz CT molecular complexity index is 704. The van der Waals surface area contributed by atoms with E-state index in [0.29, 0.717) is 11.4 Å². The molecule has 0 aliphatic carbocycles. The first-order valence-electron chi connectivity index (χ1n) is 7.10. The van der Waals surface area contributed by atoms with Gasteiger partial charge in [0.25, 0.3) is 0 Å². The molecule has 2 aliphatic rings. The van der Waals surface area contributed by atoms with Gasteiger partial charge in [0.05, 0.1) is 30.4 Å². The summed E-state index contributed by atoms with van der Waals surface area (Å²) >= 11 is 3.34. The van der Waals surface area contributed by atoms with Gasteiger partial charge in [0.1, 0.15) is 11.7 Å². The number of nitrogens with one attached hydrogen (secondary N) is 1. The van der Waals surface area contributed by atoms with Crippen molar-refractivity contribution in [2.45, 2.75) is 18.6 Å². The van der Waals surface area contributed by atoms with Crippen molar-refractivity contribution >= 4 is 33.5 Å². The van der Waals surface area contributed by atoms with Crippen LogP contribution in [-0.2, 0) is 14.3 Å². The Labute approximate surface area is 141 Å². The molecule has 23 heavy (non-hydrogen) atoms. The van der Waals surface area contributed by atoms with E-state index in [-0.39, 0.29) is 0 Å². The summed E-state index contributed by atoms with van der Waals surface area (Å²) in [6.45, 7) is 1.73. The van der Waals surface area contributed by atoms with Gasteiger partial charge in [-0.3, -0.25) is 9.59 Å². The van der Waals surface area contributed by atoms with Crippen molar-refractivity contribution in [1.82, 2.24) is 0 Å². The summed E-state index contributed by atoms with van der Waals surface area (Å²) in [5.41, 5.74) is -0.428. The number of hydrogen-bond acceptors (Lipinski definition) is 4. The van der Waals surface area contributed by atoms with E-state index in [0.717, 1.165) is 4.47 Å². The van der Waals surface area contributed by atoms with Crippen molar-refractivity contribution in [3.8, 4) is 5.75 Å². The monoisotopic (exact) mass is 381 g/mol. The van der Waals surface area contributed by atoms with Crippen LogP contribution in [0.4, 0.5) is 5.69 Å². The van der Waals surface area contributed by atoms with Crippen LogP contribution in [0.25, 0.3) is 0 Å². The first-order chi connectivity index (χ1) is 10.9. The summed E-state index contributed by atoms with van der Waals surface area (Å²) < 4.78 is 11.7. The van der Waals surface area contributed by atoms with Crippen LogP contribution in [0.2, 0.25) is 0 Å². The van der Waals surface area contributed by atoms with Gasteiger partial charge in [-0.1, -0.05) is 28.1 Å². The Morgan fingerprint density at radius 2 is 2.17 bits per heavy atom. The molecule has 3 rings (SSSR count). The molecule has 1 amide bonds.